The highest BCUT2D eigenvalue weighted by atomic mass is 16.6. The number of methoxy groups -OCH3 is 2. The molecule has 3 aromatic rings. The summed E-state index contributed by atoms with van der Waals surface area (Å²) in [6, 6.07) is 20.0. The number of nitro groups is 1. The van der Waals surface area contributed by atoms with Crippen molar-refractivity contribution < 1.29 is 24.0 Å². The van der Waals surface area contributed by atoms with Gasteiger partial charge in [-0.3, -0.25) is 19.7 Å². The number of hydrogen-bond acceptors (Lipinski definition) is 6. The van der Waals surface area contributed by atoms with E-state index in [1.807, 2.05) is 60.7 Å². The van der Waals surface area contributed by atoms with Crippen molar-refractivity contribution in [1.29, 1.82) is 0 Å². The zero-order valence-corrected chi connectivity index (χ0v) is 21.7. The molecule has 196 valence electrons. The summed E-state index contributed by atoms with van der Waals surface area (Å²) in [4.78, 5) is 40.0. The number of imide groups is 1. The van der Waals surface area contributed by atoms with Crippen molar-refractivity contribution in [2.45, 2.75) is 6.92 Å². The molecule has 0 N–H and O–H groups in total. The van der Waals surface area contributed by atoms with Gasteiger partial charge in [0.2, 0.25) is 11.8 Å². The predicted octanol–water partition coefficient (Wildman–Crippen LogP) is 5.34. The Kier molecular flexibility index (Phi) is 5.83. The van der Waals surface area contributed by atoms with Crippen LogP contribution in [0.4, 0.5) is 11.4 Å². The van der Waals surface area contributed by atoms with E-state index in [4.69, 9.17) is 9.47 Å². The smallest absolute Gasteiger partial charge is 0.293 e. The molecule has 1 aliphatic heterocycles. The number of amides is 2. The maximum Gasteiger partial charge on any atom is 0.293 e. The van der Waals surface area contributed by atoms with Gasteiger partial charge in [-0.1, -0.05) is 42.5 Å². The zero-order chi connectivity index (χ0) is 27.4. The average Bonchev–Trinajstić information content (AvgIpc) is 3.58. The first kappa shape index (κ1) is 24.6. The molecule has 1 heterocycles. The van der Waals surface area contributed by atoms with Gasteiger partial charge in [0, 0.05) is 17.9 Å². The first-order valence-electron chi connectivity index (χ1n) is 12.7. The van der Waals surface area contributed by atoms with Gasteiger partial charge >= 0.3 is 0 Å². The van der Waals surface area contributed by atoms with Gasteiger partial charge < -0.3 is 9.47 Å². The summed E-state index contributed by atoms with van der Waals surface area (Å²) in [5, 5.41) is 11.8. The fourth-order valence-electron chi connectivity index (χ4n) is 6.32. The van der Waals surface area contributed by atoms with Crippen LogP contribution >= 0.6 is 0 Å². The number of benzene rings is 3. The Bertz CT molecular complexity index is 1490. The highest BCUT2D eigenvalue weighted by Crippen LogP contribution is 2.59. The van der Waals surface area contributed by atoms with Crippen molar-refractivity contribution in [3.63, 3.8) is 0 Å². The van der Waals surface area contributed by atoms with Crippen LogP contribution in [0.25, 0.3) is 5.57 Å². The molecule has 3 aliphatic rings. The number of nitro benzene ring substituents is 1. The highest BCUT2D eigenvalue weighted by Gasteiger charge is 2.63. The van der Waals surface area contributed by atoms with Crippen LogP contribution in [-0.2, 0) is 9.59 Å². The molecule has 2 bridgehead atoms. The standard InChI is InChI=1S/C31H26N2O6/c1-17-4-15-24(25(16-17)33(36)37)32-30(34)28-22-13-14-23(29(28)31(32)35)27(22)26(18-5-9-20(38-2)10-6-18)19-7-11-21(39-3)12-8-19/h4-16,22-23,28-29H,1-3H3/t22-,23-,28-,29-/m1/s1. The SMILES string of the molecule is COc1ccc(C(=C2[C@H]3C=C[C@H]2[C@H]2C(=O)N(c4ccc(C)cc4[N+](=O)[O-])C(=O)[C@@H]23)c2ccc(OC)cc2)cc1. The Labute approximate surface area is 225 Å². The molecule has 4 atom stereocenters. The molecule has 0 aromatic heterocycles. The lowest BCUT2D eigenvalue weighted by Crippen LogP contribution is -2.33. The fraction of sp³-hybridized carbons (Fsp3) is 0.226. The number of ether oxygens (including phenoxy) is 2. The summed E-state index contributed by atoms with van der Waals surface area (Å²) in [5.74, 6) is -1.17. The lowest BCUT2D eigenvalue weighted by Gasteiger charge is -2.22. The van der Waals surface area contributed by atoms with E-state index in [2.05, 4.69) is 0 Å². The van der Waals surface area contributed by atoms with Crippen LogP contribution in [0.1, 0.15) is 16.7 Å². The fourth-order valence-corrected chi connectivity index (χ4v) is 6.32. The third kappa shape index (κ3) is 3.74. The molecule has 0 unspecified atom stereocenters. The van der Waals surface area contributed by atoms with Crippen molar-refractivity contribution >= 4 is 28.8 Å². The Morgan fingerprint density at radius 3 is 1.72 bits per heavy atom. The van der Waals surface area contributed by atoms with Gasteiger partial charge in [0.15, 0.2) is 0 Å². The summed E-state index contributed by atoms with van der Waals surface area (Å²) < 4.78 is 10.7. The topological polar surface area (TPSA) is 99.0 Å². The molecule has 2 aliphatic carbocycles. The molecule has 1 saturated heterocycles. The minimum Gasteiger partial charge on any atom is -0.497 e. The number of rotatable bonds is 6. The van der Waals surface area contributed by atoms with Crippen LogP contribution in [0.3, 0.4) is 0 Å². The second-order valence-corrected chi connectivity index (χ2v) is 10.0. The molecule has 3 aromatic carbocycles. The van der Waals surface area contributed by atoms with E-state index in [0.29, 0.717) is 5.56 Å². The first-order chi connectivity index (χ1) is 18.8. The van der Waals surface area contributed by atoms with Gasteiger partial charge in [-0.2, -0.15) is 0 Å². The van der Waals surface area contributed by atoms with E-state index in [9.17, 15) is 19.7 Å². The number of fused-ring (bicyclic) bond motifs is 5. The summed E-state index contributed by atoms with van der Waals surface area (Å²) in [5.41, 5.74) is 4.33. The minimum atomic E-state index is -0.616. The van der Waals surface area contributed by atoms with Gasteiger partial charge in [-0.05, 0) is 65.1 Å². The van der Waals surface area contributed by atoms with Crippen molar-refractivity contribution in [3.05, 3.63) is 111 Å². The lowest BCUT2D eigenvalue weighted by atomic mass is 9.85. The summed E-state index contributed by atoms with van der Waals surface area (Å²) in [6.45, 7) is 1.74. The maximum absolute atomic E-state index is 13.8. The summed E-state index contributed by atoms with van der Waals surface area (Å²) >= 11 is 0. The van der Waals surface area contributed by atoms with Crippen molar-refractivity contribution in [2.75, 3.05) is 19.1 Å². The number of carbonyl (C=O) groups excluding carboxylic acids is 2. The van der Waals surface area contributed by atoms with Crippen LogP contribution in [-0.4, -0.2) is 31.0 Å². The second-order valence-electron chi connectivity index (χ2n) is 10.0. The third-order valence-corrected chi connectivity index (χ3v) is 8.03. The largest absolute Gasteiger partial charge is 0.497 e. The number of aryl methyl sites for hydroxylation is 1. The number of hydrogen-bond donors (Lipinski definition) is 0. The van der Waals surface area contributed by atoms with E-state index < -0.39 is 28.6 Å². The Balaban J connectivity index is 1.47. The Hall–Kier alpha value is -4.72. The maximum atomic E-state index is 13.8. The Morgan fingerprint density at radius 1 is 0.795 bits per heavy atom. The van der Waals surface area contributed by atoms with Crippen molar-refractivity contribution in [3.8, 4) is 11.5 Å². The molecule has 8 heteroatoms. The molecule has 2 amide bonds. The highest BCUT2D eigenvalue weighted by molar-refractivity contribution is 6.24. The van der Waals surface area contributed by atoms with Crippen LogP contribution < -0.4 is 14.4 Å². The molecule has 39 heavy (non-hydrogen) atoms. The minimum absolute atomic E-state index is 0.0328. The molecule has 6 rings (SSSR count). The number of nitrogens with zero attached hydrogens (tertiary/aromatic N) is 2. The van der Waals surface area contributed by atoms with Gasteiger partial charge in [-0.15, -0.1) is 0 Å². The van der Waals surface area contributed by atoms with E-state index in [-0.39, 0.29) is 23.2 Å². The van der Waals surface area contributed by atoms with Crippen LogP contribution in [0.5, 0.6) is 11.5 Å². The van der Waals surface area contributed by atoms with E-state index >= 15 is 0 Å². The molecule has 2 fully saturated rings. The zero-order valence-electron chi connectivity index (χ0n) is 21.7. The van der Waals surface area contributed by atoms with Gasteiger partial charge in [0.05, 0.1) is 31.0 Å². The molecule has 0 spiro atoms. The number of carbonyl (C=O) groups is 2. The van der Waals surface area contributed by atoms with Crippen LogP contribution in [0.2, 0.25) is 0 Å². The normalized spacial score (nSPS) is 22.8. The molecule has 0 radical (unpaired) electrons. The lowest BCUT2D eigenvalue weighted by molar-refractivity contribution is -0.384. The van der Waals surface area contributed by atoms with Gasteiger partial charge in [-0.25, -0.2) is 4.90 Å². The van der Waals surface area contributed by atoms with Crippen molar-refractivity contribution in [2.24, 2.45) is 23.7 Å². The Morgan fingerprint density at radius 2 is 1.28 bits per heavy atom. The van der Waals surface area contributed by atoms with Gasteiger partial charge in [0.25, 0.3) is 5.69 Å². The first-order valence-corrected chi connectivity index (χ1v) is 12.7. The number of anilines is 1. The van der Waals surface area contributed by atoms with E-state index in [1.54, 1.807) is 27.2 Å². The van der Waals surface area contributed by atoms with E-state index in [1.165, 1.54) is 12.1 Å². The molecular weight excluding hydrogens is 496 g/mol. The van der Waals surface area contributed by atoms with Crippen molar-refractivity contribution in [1.82, 2.24) is 0 Å². The predicted molar refractivity (Wildman–Crippen MR) is 145 cm³/mol. The number of allylic oxidation sites excluding steroid dienone is 3. The second kappa shape index (κ2) is 9.23. The average molecular weight is 523 g/mol. The molecule has 8 nitrogen and oxygen atoms in total. The van der Waals surface area contributed by atoms with Crippen LogP contribution in [0.15, 0.2) is 84.5 Å². The summed E-state index contributed by atoms with van der Waals surface area (Å²) in [6.07, 6.45) is 4.01. The molecular formula is C31H26N2O6. The quantitative estimate of drug-likeness (QED) is 0.187. The van der Waals surface area contributed by atoms with Gasteiger partial charge in [0.1, 0.15) is 17.2 Å². The third-order valence-electron chi connectivity index (χ3n) is 8.03. The monoisotopic (exact) mass is 522 g/mol. The van der Waals surface area contributed by atoms with E-state index in [0.717, 1.165) is 38.7 Å². The molecule has 1 saturated carbocycles. The summed E-state index contributed by atoms with van der Waals surface area (Å²) in [7, 11) is 3.23. The van der Waals surface area contributed by atoms with Crippen LogP contribution in [0, 0.1) is 40.7 Å².